The van der Waals surface area contributed by atoms with Gasteiger partial charge >= 0.3 is 0 Å². The number of hydrogen-bond acceptors (Lipinski definition) is 4. The van der Waals surface area contributed by atoms with Crippen LogP contribution in [0.4, 0.5) is 0 Å². The van der Waals surface area contributed by atoms with Crippen LogP contribution in [0.1, 0.15) is 19.5 Å². The number of aromatic nitrogens is 3. The van der Waals surface area contributed by atoms with E-state index >= 15 is 0 Å². The smallest absolute Gasteiger partial charge is 0.0969 e. The lowest BCUT2D eigenvalue weighted by atomic mass is 10.0. The van der Waals surface area contributed by atoms with Crippen molar-refractivity contribution in [3.05, 3.63) is 42.2 Å². The fraction of sp³-hybridized carbons (Fsp3) is 0.467. The molecule has 0 amide bonds. The summed E-state index contributed by atoms with van der Waals surface area (Å²) >= 11 is 0. The Labute approximate surface area is 120 Å². The Morgan fingerprint density at radius 3 is 2.55 bits per heavy atom. The fourth-order valence-electron chi connectivity index (χ4n) is 1.72. The highest BCUT2D eigenvalue weighted by Gasteiger charge is 2.19. The minimum atomic E-state index is 0.120. The second-order valence-corrected chi connectivity index (χ2v) is 5.77. The molecular formula is C15H23N5. The Morgan fingerprint density at radius 2 is 1.90 bits per heavy atom. The van der Waals surface area contributed by atoms with E-state index in [9.17, 15) is 0 Å². The third-order valence-electron chi connectivity index (χ3n) is 3.60. The summed E-state index contributed by atoms with van der Waals surface area (Å²) in [5.74, 6) is 0. The first kappa shape index (κ1) is 14.7. The van der Waals surface area contributed by atoms with Crippen LogP contribution in [0, 0.1) is 0 Å². The number of likely N-dealkylation sites (N-methyl/N-ethyl adjacent to an activating group) is 1. The Morgan fingerprint density at radius 1 is 1.20 bits per heavy atom. The van der Waals surface area contributed by atoms with Gasteiger partial charge in [0.1, 0.15) is 0 Å². The first-order valence-electron chi connectivity index (χ1n) is 6.84. The van der Waals surface area contributed by atoms with Gasteiger partial charge < -0.3 is 10.2 Å². The molecule has 1 N–H and O–H groups in total. The molecule has 1 heterocycles. The van der Waals surface area contributed by atoms with Gasteiger partial charge in [0.25, 0.3) is 0 Å². The lowest BCUT2D eigenvalue weighted by Crippen LogP contribution is -2.46. The molecule has 0 unspecified atom stereocenters. The van der Waals surface area contributed by atoms with Crippen LogP contribution in [-0.4, -0.2) is 46.1 Å². The van der Waals surface area contributed by atoms with Crippen molar-refractivity contribution < 1.29 is 0 Å². The number of para-hydroxylation sites is 1. The summed E-state index contributed by atoms with van der Waals surface area (Å²) in [5, 5.41) is 12.2. The molecule has 0 aliphatic carbocycles. The number of hydrogen-bond donors (Lipinski definition) is 1. The van der Waals surface area contributed by atoms with Gasteiger partial charge in [-0.05, 0) is 40.1 Å². The lowest BCUT2D eigenvalue weighted by molar-refractivity contribution is 0.189. The van der Waals surface area contributed by atoms with Crippen molar-refractivity contribution in [3.63, 3.8) is 0 Å². The average Bonchev–Trinajstić information content (AvgIpc) is 2.88. The van der Waals surface area contributed by atoms with Gasteiger partial charge in [0, 0.05) is 18.6 Å². The first-order valence-corrected chi connectivity index (χ1v) is 6.84. The summed E-state index contributed by atoms with van der Waals surface area (Å²) in [4.78, 5) is 3.87. The molecule has 0 aliphatic rings. The molecule has 0 radical (unpaired) electrons. The molecule has 1 aromatic carbocycles. The van der Waals surface area contributed by atoms with Crippen LogP contribution >= 0.6 is 0 Å². The molecule has 0 saturated heterocycles. The van der Waals surface area contributed by atoms with Crippen molar-refractivity contribution in [3.8, 4) is 5.69 Å². The highest BCUT2D eigenvalue weighted by atomic mass is 15.5. The fourth-order valence-corrected chi connectivity index (χ4v) is 1.72. The van der Waals surface area contributed by atoms with Crippen LogP contribution < -0.4 is 5.32 Å². The molecule has 2 aromatic rings. The Balaban J connectivity index is 1.91. The Kier molecular flexibility index (Phi) is 4.52. The van der Waals surface area contributed by atoms with E-state index in [1.165, 1.54) is 0 Å². The Bertz CT molecular complexity index is 530. The SMILES string of the molecule is CN(C)C(C)(C)CNCc1cnn(-c2ccccc2)n1. The predicted molar refractivity (Wildman–Crippen MR) is 80.8 cm³/mol. The van der Waals surface area contributed by atoms with Crippen molar-refractivity contribution in [2.45, 2.75) is 25.9 Å². The molecule has 5 heteroatoms. The standard InChI is InChI=1S/C15H23N5/c1-15(2,19(3)4)12-16-10-13-11-17-20(18-13)14-8-6-5-7-9-14/h5-9,11,16H,10,12H2,1-4H3. The maximum absolute atomic E-state index is 4.47. The van der Waals surface area contributed by atoms with E-state index in [0.29, 0.717) is 0 Å². The van der Waals surface area contributed by atoms with Crippen LogP contribution in [-0.2, 0) is 6.54 Å². The van der Waals surface area contributed by atoms with E-state index in [2.05, 4.69) is 48.4 Å². The number of nitrogens with one attached hydrogen (secondary N) is 1. The van der Waals surface area contributed by atoms with Gasteiger partial charge in [-0.25, -0.2) is 0 Å². The summed E-state index contributed by atoms with van der Waals surface area (Å²) in [6.45, 7) is 6.05. The number of rotatable bonds is 6. The monoisotopic (exact) mass is 273 g/mol. The largest absolute Gasteiger partial charge is 0.309 e. The van der Waals surface area contributed by atoms with Crippen molar-refractivity contribution in [2.24, 2.45) is 0 Å². The van der Waals surface area contributed by atoms with Gasteiger partial charge in [0.15, 0.2) is 0 Å². The third kappa shape index (κ3) is 3.65. The maximum atomic E-state index is 4.47. The molecule has 2 rings (SSSR count). The predicted octanol–water partition coefficient (Wildman–Crippen LogP) is 1.70. The lowest BCUT2D eigenvalue weighted by Gasteiger charge is -2.32. The first-order chi connectivity index (χ1) is 9.49. The number of nitrogens with zero attached hydrogens (tertiary/aromatic N) is 4. The van der Waals surface area contributed by atoms with E-state index in [1.807, 2.05) is 36.5 Å². The average molecular weight is 273 g/mol. The van der Waals surface area contributed by atoms with E-state index in [-0.39, 0.29) is 5.54 Å². The van der Waals surface area contributed by atoms with Crippen LogP contribution in [0.5, 0.6) is 0 Å². The van der Waals surface area contributed by atoms with Crippen LogP contribution in [0.3, 0.4) is 0 Å². The van der Waals surface area contributed by atoms with Gasteiger partial charge in [-0.1, -0.05) is 18.2 Å². The molecule has 1 aromatic heterocycles. The molecular weight excluding hydrogens is 250 g/mol. The third-order valence-corrected chi connectivity index (χ3v) is 3.60. The highest BCUT2D eigenvalue weighted by molar-refractivity contribution is 5.28. The zero-order valence-electron chi connectivity index (χ0n) is 12.7. The van der Waals surface area contributed by atoms with Crippen molar-refractivity contribution in [2.75, 3.05) is 20.6 Å². The molecule has 20 heavy (non-hydrogen) atoms. The second-order valence-electron chi connectivity index (χ2n) is 5.77. The molecule has 5 nitrogen and oxygen atoms in total. The highest BCUT2D eigenvalue weighted by Crippen LogP contribution is 2.08. The van der Waals surface area contributed by atoms with Gasteiger partial charge in [0.05, 0.1) is 17.6 Å². The van der Waals surface area contributed by atoms with Crippen molar-refractivity contribution >= 4 is 0 Å². The van der Waals surface area contributed by atoms with Gasteiger partial charge in [-0.3, -0.25) is 0 Å². The number of benzene rings is 1. The molecule has 0 fully saturated rings. The van der Waals surface area contributed by atoms with E-state index in [1.54, 1.807) is 4.80 Å². The Hall–Kier alpha value is -1.72. The maximum Gasteiger partial charge on any atom is 0.0969 e. The molecule has 0 aliphatic heterocycles. The van der Waals surface area contributed by atoms with Crippen molar-refractivity contribution in [1.29, 1.82) is 0 Å². The van der Waals surface area contributed by atoms with E-state index < -0.39 is 0 Å². The molecule has 0 bridgehead atoms. The summed E-state index contributed by atoms with van der Waals surface area (Å²) in [7, 11) is 4.18. The normalized spacial score (nSPS) is 12.1. The van der Waals surface area contributed by atoms with E-state index in [0.717, 1.165) is 24.5 Å². The molecule has 0 spiro atoms. The minimum Gasteiger partial charge on any atom is -0.309 e. The zero-order chi connectivity index (χ0) is 14.6. The van der Waals surface area contributed by atoms with Gasteiger partial charge in [-0.15, -0.1) is 0 Å². The summed E-state index contributed by atoms with van der Waals surface area (Å²) < 4.78 is 0. The van der Waals surface area contributed by atoms with Crippen LogP contribution in [0.15, 0.2) is 36.5 Å². The summed E-state index contributed by atoms with van der Waals surface area (Å²) in [6, 6.07) is 9.93. The minimum absolute atomic E-state index is 0.120. The summed E-state index contributed by atoms with van der Waals surface area (Å²) in [6.07, 6.45) is 1.81. The molecule has 108 valence electrons. The van der Waals surface area contributed by atoms with Gasteiger partial charge in [0.2, 0.25) is 0 Å². The van der Waals surface area contributed by atoms with Crippen LogP contribution in [0.25, 0.3) is 5.69 Å². The van der Waals surface area contributed by atoms with Crippen molar-refractivity contribution in [1.82, 2.24) is 25.2 Å². The summed E-state index contributed by atoms with van der Waals surface area (Å²) in [5.41, 5.74) is 2.05. The second kappa shape index (κ2) is 6.15. The quantitative estimate of drug-likeness (QED) is 0.870. The molecule has 0 saturated carbocycles. The zero-order valence-corrected chi connectivity index (χ0v) is 12.7. The topological polar surface area (TPSA) is 46.0 Å². The van der Waals surface area contributed by atoms with E-state index in [4.69, 9.17) is 0 Å². The molecule has 0 atom stereocenters. The van der Waals surface area contributed by atoms with Gasteiger partial charge in [-0.2, -0.15) is 15.0 Å². The van der Waals surface area contributed by atoms with Crippen LogP contribution in [0.2, 0.25) is 0 Å².